The van der Waals surface area contributed by atoms with Crippen LogP contribution in [0.3, 0.4) is 0 Å². The van der Waals surface area contributed by atoms with Crippen molar-refractivity contribution in [3.8, 4) is 0 Å². The number of aromatic carboxylic acids is 1. The lowest BCUT2D eigenvalue weighted by Crippen LogP contribution is -2.18. The molecule has 0 aromatic heterocycles. The Bertz CT molecular complexity index is 445. The maximum atomic E-state index is 11.1. The number of hydrogen-bond acceptors (Lipinski definition) is 3. The molecule has 98 valence electrons. The Morgan fingerprint density at radius 1 is 1.50 bits per heavy atom. The zero-order valence-corrected chi connectivity index (χ0v) is 10.6. The fourth-order valence-electron chi connectivity index (χ4n) is 2.70. The highest BCUT2D eigenvalue weighted by Crippen LogP contribution is 2.32. The van der Waals surface area contributed by atoms with Crippen LogP contribution >= 0.6 is 0 Å². The third kappa shape index (κ3) is 2.58. The Kier molecular flexibility index (Phi) is 3.75. The zero-order valence-electron chi connectivity index (χ0n) is 10.6. The van der Waals surface area contributed by atoms with E-state index >= 15 is 0 Å². The molecule has 1 aliphatic rings. The number of rotatable bonds is 4. The van der Waals surface area contributed by atoms with Gasteiger partial charge in [-0.05, 0) is 30.4 Å². The second kappa shape index (κ2) is 5.29. The molecule has 2 rings (SSSR count). The Morgan fingerprint density at radius 3 is 2.89 bits per heavy atom. The van der Waals surface area contributed by atoms with E-state index in [2.05, 4.69) is 12.2 Å². The third-order valence-corrected chi connectivity index (χ3v) is 3.91. The van der Waals surface area contributed by atoms with Crippen LogP contribution in [-0.2, 0) is 0 Å². The summed E-state index contributed by atoms with van der Waals surface area (Å²) in [6, 6.07) is 4.98. The SMILES string of the molecule is CC1CCCC1CNc1c(N)cccc1C(=O)O. The number of carbonyl (C=O) groups is 1. The Balaban J connectivity index is 2.11. The quantitative estimate of drug-likeness (QED) is 0.716. The summed E-state index contributed by atoms with van der Waals surface area (Å²) in [5.74, 6) is 0.381. The normalized spacial score (nSPS) is 22.9. The maximum absolute atomic E-state index is 11.1. The highest BCUT2D eigenvalue weighted by molar-refractivity contribution is 5.97. The number of para-hydroxylation sites is 1. The first-order valence-electron chi connectivity index (χ1n) is 6.45. The van der Waals surface area contributed by atoms with E-state index in [1.165, 1.54) is 19.3 Å². The number of carboxylic acids is 1. The van der Waals surface area contributed by atoms with Crippen LogP contribution in [0.15, 0.2) is 18.2 Å². The summed E-state index contributed by atoms with van der Waals surface area (Å²) in [4.78, 5) is 11.1. The molecule has 0 aliphatic heterocycles. The average Bonchev–Trinajstić information content (AvgIpc) is 2.73. The third-order valence-electron chi connectivity index (χ3n) is 3.91. The molecular weight excluding hydrogens is 228 g/mol. The van der Waals surface area contributed by atoms with Crippen molar-refractivity contribution in [2.24, 2.45) is 11.8 Å². The minimum absolute atomic E-state index is 0.251. The molecule has 0 bridgehead atoms. The molecule has 1 aromatic rings. The number of nitrogens with one attached hydrogen (secondary N) is 1. The Hall–Kier alpha value is -1.71. The minimum Gasteiger partial charge on any atom is -0.478 e. The van der Waals surface area contributed by atoms with Gasteiger partial charge in [0.25, 0.3) is 0 Å². The van der Waals surface area contributed by atoms with Gasteiger partial charge >= 0.3 is 5.97 Å². The van der Waals surface area contributed by atoms with Crippen LogP contribution in [0.4, 0.5) is 11.4 Å². The van der Waals surface area contributed by atoms with Crippen LogP contribution in [0.25, 0.3) is 0 Å². The predicted molar refractivity (Wildman–Crippen MR) is 72.8 cm³/mol. The van der Waals surface area contributed by atoms with Gasteiger partial charge in [-0.3, -0.25) is 0 Å². The molecule has 2 unspecified atom stereocenters. The van der Waals surface area contributed by atoms with Crippen molar-refractivity contribution in [2.45, 2.75) is 26.2 Å². The number of nitrogens with two attached hydrogens (primary N) is 1. The van der Waals surface area contributed by atoms with Crippen LogP contribution in [0.2, 0.25) is 0 Å². The summed E-state index contributed by atoms with van der Waals surface area (Å²) in [7, 11) is 0. The number of hydrogen-bond donors (Lipinski definition) is 3. The second-order valence-electron chi connectivity index (χ2n) is 5.12. The van der Waals surface area contributed by atoms with Crippen LogP contribution in [0, 0.1) is 11.8 Å². The molecule has 0 amide bonds. The van der Waals surface area contributed by atoms with Crippen molar-refractivity contribution in [3.63, 3.8) is 0 Å². The van der Waals surface area contributed by atoms with Crippen molar-refractivity contribution in [1.82, 2.24) is 0 Å². The van der Waals surface area contributed by atoms with E-state index in [-0.39, 0.29) is 5.56 Å². The van der Waals surface area contributed by atoms with Gasteiger partial charge < -0.3 is 16.2 Å². The van der Waals surface area contributed by atoms with Crippen molar-refractivity contribution < 1.29 is 9.90 Å². The van der Waals surface area contributed by atoms with E-state index in [9.17, 15) is 4.79 Å². The molecule has 0 saturated heterocycles. The summed E-state index contributed by atoms with van der Waals surface area (Å²) in [5.41, 5.74) is 7.16. The molecule has 1 aromatic carbocycles. The lowest BCUT2D eigenvalue weighted by molar-refractivity contribution is 0.0698. The number of benzene rings is 1. The standard InChI is InChI=1S/C14H20N2O2/c1-9-4-2-5-10(9)8-16-13-11(14(17)18)6-3-7-12(13)15/h3,6-7,9-10,16H,2,4-5,8,15H2,1H3,(H,17,18). The Morgan fingerprint density at radius 2 is 2.28 bits per heavy atom. The molecule has 0 radical (unpaired) electrons. The van der Waals surface area contributed by atoms with Gasteiger partial charge in [0.2, 0.25) is 0 Å². The van der Waals surface area contributed by atoms with Crippen molar-refractivity contribution in [2.75, 3.05) is 17.6 Å². The molecule has 4 nitrogen and oxygen atoms in total. The van der Waals surface area contributed by atoms with E-state index in [1.807, 2.05) is 0 Å². The van der Waals surface area contributed by atoms with Gasteiger partial charge in [0, 0.05) is 6.54 Å². The fourth-order valence-corrected chi connectivity index (χ4v) is 2.70. The molecule has 0 spiro atoms. The lowest BCUT2D eigenvalue weighted by atomic mass is 9.98. The topological polar surface area (TPSA) is 75.3 Å². The molecule has 4 N–H and O–H groups in total. The largest absolute Gasteiger partial charge is 0.478 e. The minimum atomic E-state index is -0.940. The van der Waals surface area contributed by atoms with Gasteiger partial charge in [-0.25, -0.2) is 4.79 Å². The average molecular weight is 248 g/mol. The van der Waals surface area contributed by atoms with Gasteiger partial charge in [-0.1, -0.05) is 25.8 Å². The molecule has 1 aliphatic carbocycles. The van der Waals surface area contributed by atoms with Gasteiger partial charge in [0.1, 0.15) is 0 Å². The van der Waals surface area contributed by atoms with E-state index < -0.39 is 5.97 Å². The summed E-state index contributed by atoms with van der Waals surface area (Å²) in [5, 5.41) is 12.4. The fraction of sp³-hybridized carbons (Fsp3) is 0.500. The van der Waals surface area contributed by atoms with Crippen molar-refractivity contribution in [1.29, 1.82) is 0 Å². The molecule has 2 atom stereocenters. The molecular formula is C14H20N2O2. The van der Waals surface area contributed by atoms with E-state index in [0.717, 1.165) is 6.54 Å². The van der Waals surface area contributed by atoms with Crippen molar-refractivity contribution in [3.05, 3.63) is 23.8 Å². The Labute approximate surface area is 107 Å². The second-order valence-corrected chi connectivity index (χ2v) is 5.12. The van der Waals surface area contributed by atoms with E-state index in [4.69, 9.17) is 10.8 Å². The first-order chi connectivity index (χ1) is 8.59. The molecule has 1 fully saturated rings. The molecule has 1 saturated carbocycles. The summed E-state index contributed by atoms with van der Waals surface area (Å²) >= 11 is 0. The monoisotopic (exact) mass is 248 g/mol. The number of carboxylic acid groups (broad SMARTS) is 1. The number of anilines is 2. The summed E-state index contributed by atoms with van der Waals surface area (Å²) in [6.07, 6.45) is 3.75. The van der Waals surface area contributed by atoms with E-state index in [0.29, 0.717) is 23.2 Å². The van der Waals surface area contributed by atoms with Crippen LogP contribution in [0.1, 0.15) is 36.5 Å². The highest BCUT2D eigenvalue weighted by atomic mass is 16.4. The zero-order chi connectivity index (χ0) is 13.1. The highest BCUT2D eigenvalue weighted by Gasteiger charge is 2.23. The van der Waals surface area contributed by atoms with Gasteiger partial charge in [0.05, 0.1) is 16.9 Å². The predicted octanol–water partition coefficient (Wildman–Crippen LogP) is 2.82. The van der Waals surface area contributed by atoms with Crippen LogP contribution in [-0.4, -0.2) is 17.6 Å². The van der Waals surface area contributed by atoms with Crippen LogP contribution < -0.4 is 11.1 Å². The van der Waals surface area contributed by atoms with Gasteiger partial charge in [0.15, 0.2) is 0 Å². The molecule has 0 heterocycles. The van der Waals surface area contributed by atoms with Gasteiger partial charge in [-0.15, -0.1) is 0 Å². The maximum Gasteiger partial charge on any atom is 0.337 e. The molecule has 4 heteroatoms. The smallest absolute Gasteiger partial charge is 0.337 e. The summed E-state index contributed by atoms with van der Waals surface area (Å²) < 4.78 is 0. The first-order valence-corrected chi connectivity index (χ1v) is 6.45. The van der Waals surface area contributed by atoms with Crippen molar-refractivity contribution >= 4 is 17.3 Å². The van der Waals surface area contributed by atoms with Crippen LogP contribution in [0.5, 0.6) is 0 Å². The summed E-state index contributed by atoms with van der Waals surface area (Å²) in [6.45, 7) is 3.06. The first kappa shape index (κ1) is 12.7. The lowest BCUT2D eigenvalue weighted by Gasteiger charge is -2.18. The number of nitrogen functional groups attached to an aromatic ring is 1. The molecule has 18 heavy (non-hydrogen) atoms. The van der Waals surface area contributed by atoms with Gasteiger partial charge in [-0.2, -0.15) is 0 Å². The van der Waals surface area contributed by atoms with E-state index in [1.54, 1.807) is 18.2 Å².